The molecule has 0 radical (unpaired) electrons. The zero-order chi connectivity index (χ0) is 17.9. The number of hydrogen-bond donors (Lipinski definition) is 1. The highest BCUT2D eigenvalue weighted by atomic mass is 35.5. The summed E-state index contributed by atoms with van der Waals surface area (Å²) < 4.78 is 15.4. The van der Waals surface area contributed by atoms with E-state index in [1.165, 1.54) is 18.2 Å². The quantitative estimate of drug-likeness (QED) is 0.758. The molecule has 4 nitrogen and oxygen atoms in total. The molecule has 0 saturated heterocycles. The summed E-state index contributed by atoms with van der Waals surface area (Å²) in [6, 6.07) is 4.04. The molecule has 24 heavy (non-hydrogen) atoms. The molecule has 1 N–H and O–H groups in total. The smallest absolute Gasteiger partial charge is 0.248 e. The van der Waals surface area contributed by atoms with E-state index < -0.39 is 11.7 Å². The minimum atomic E-state index is -0.594. The molecule has 1 amide bonds. The highest BCUT2D eigenvalue weighted by Crippen LogP contribution is 2.23. The van der Waals surface area contributed by atoms with E-state index in [1.54, 1.807) is 10.8 Å². The van der Waals surface area contributed by atoms with Crippen LogP contribution in [0, 0.1) is 18.7 Å². The Labute approximate surface area is 150 Å². The second kappa shape index (κ2) is 7.81. The van der Waals surface area contributed by atoms with E-state index in [9.17, 15) is 9.18 Å². The molecule has 7 heteroatoms. The van der Waals surface area contributed by atoms with Crippen molar-refractivity contribution in [3.63, 3.8) is 0 Å². The number of aryl methyl sites for hydroxylation is 1. The van der Waals surface area contributed by atoms with Crippen molar-refractivity contribution in [2.45, 2.75) is 27.3 Å². The van der Waals surface area contributed by atoms with Crippen LogP contribution < -0.4 is 5.32 Å². The van der Waals surface area contributed by atoms with Gasteiger partial charge < -0.3 is 5.32 Å². The average Bonchev–Trinajstić information content (AvgIpc) is 2.74. The largest absolute Gasteiger partial charge is 0.320 e. The number of carbonyl (C=O) groups is 1. The SMILES string of the molecule is Cc1nn(CC(C)C)c(Cl)c1/C=C/C(=O)Nc1ccc(Cl)cc1F. The molecule has 0 atom stereocenters. The summed E-state index contributed by atoms with van der Waals surface area (Å²) in [4.78, 5) is 12.0. The summed E-state index contributed by atoms with van der Waals surface area (Å²) in [5, 5.41) is 7.56. The summed E-state index contributed by atoms with van der Waals surface area (Å²) in [5.74, 6) is -0.665. The fourth-order valence-electron chi connectivity index (χ4n) is 2.15. The van der Waals surface area contributed by atoms with Crippen molar-refractivity contribution in [1.29, 1.82) is 0 Å². The fourth-order valence-corrected chi connectivity index (χ4v) is 2.61. The number of hydrogen-bond acceptors (Lipinski definition) is 2. The van der Waals surface area contributed by atoms with Crippen molar-refractivity contribution in [3.8, 4) is 0 Å². The van der Waals surface area contributed by atoms with Gasteiger partial charge in [-0.2, -0.15) is 5.10 Å². The van der Waals surface area contributed by atoms with Gasteiger partial charge in [-0.3, -0.25) is 9.48 Å². The number of anilines is 1. The van der Waals surface area contributed by atoms with Crippen molar-refractivity contribution in [3.05, 3.63) is 51.5 Å². The summed E-state index contributed by atoms with van der Waals surface area (Å²) >= 11 is 12.0. The van der Waals surface area contributed by atoms with Gasteiger partial charge in [0, 0.05) is 23.2 Å². The van der Waals surface area contributed by atoms with Gasteiger partial charge in [0.15, 0.2) is 0 Å². The molecule has 0 fully saturated rings. The molecule has 0 bridgehead atoms. The van der Waals surface area contributed by atoms with Gasteiger partial charge in [0.1, 0.15) is 11.0 Å². The predicted molar refractivity (Wildman–Crippen MR) is 95.9 cm³/mol. The monoisotopic (exact) mass is 369 g/mol. The lowest BCUT2D eigenvalue weighted by atomic mass is 10.2. The van der Waals surface area contributed by atoms with Crippen molar-refractivity contribution in [1.82, 2.24) is 9.78 Å². The number of halogens is 3. The molecule has 0 aliphatic rings. The van der Waals surface area contributed by atoms with E-state index in [0.29, 0.717) is 23.2 Å². The van der Waals surface area contributed by atoms with Crippen LogP contribution in [-0.2, 0) is 11.3 Å². The minimum absolute atomic E-state index is 0.0624. The van der Waals surface area contributed by atoms with Gasteiger partial charge in [-0.05, 0) is 37.1 Å². The van der Waals surface area contributed by atoms with Gasteiger partial charge in [-0.1, -0.05) is 37.0 Å². The molecule has 128 valence electrons. The maximum absolute atomic E-state index is 13.7. The summed E-state index contributed by atoms with van der Waals surface area (Å²) in [7, 11) is 0. The molecule has 1 aromatic heterocycles. The molecule has 0 spiro atoms. The summed E-state index contributed by atoms with van der Waals surface area (Å²) in [6.07, 6.45) is 2.87. The lowest BCUT2D eigenvalue weighted by Gasteiger charge is -2.05. The number of rotatable bonds is 5. The molecule has 2 rings (SSSR count). The highest BCUT2D eigenvalue weighted by molar-refractivity contribution is 6.31. The molecular weight excluding hydrogens is 352 g/mol. The van der Waals surface area contributed by atoms with Crippen LogP contribution in [0.5, 0.6) is 0 Å². The number of amides is 1. The summed E-state index contributed by atoms with van der Waals surface area (Å²) in [6.45, 7) is 6.64. The van der Waals surface area contributed by atoms with Crippen LogP contribution in [0.15, 0.2) is 24.3 Å². The first-order chi connectivity index (χ1) is 11.3. The topological polar surface area (TPSA) is 46.9 Å². The average molecular weight is 370 g/mol. The van der Waals surface area contributed by atoms with Crippen molar-refractivity contribution < 1.29 is 9.18 Å². The lowest BCUT2D eigenvalue weighted by molar-refractivity contribution is -0.111. The standard InChI is InChI=1S/C17H18Cl2FN3O/c1-10(2)9-23-17(19)13(11(3)22-23)5-7-16(24)21-15-6-4-12(18)8-14(15)20/h4-8,10H,9H2,1-3H3,(H,21,24)/b7-5+. The van der Waals surface area contributed by atoms with E-state index in [1.807, 2.05) is 6.92 Å². The Morgan fingerprint density at radius 3 is 2.75 bits per heavy atom. The third kappa shape index (κ3) is 4.58. The van der Waals surface area contributed by atoms with Crippen LogP contribution in [0.1, 0.15) is 25.1 Å². The third-order valence-corrected chi connectivity index (χ3v) is 3.87. The maximum atomic E-state index is 13.7. The zero-order valence-electron chi connectivity index (χ0n) is 13.6. The molecule has 0 unspecified atom stereocenters. The van der Waals surface area contributed by atoms with E-state index >= 15 is 0 Å². The van der Waals surface area contributed by atoms with Crippen LogP contribution in [0.4, 0.5) is 10.1 Å². The van der Waals surface area contributed by atoms with Gasteiger partial charge in [0.25, 0.3) is 0 Å². The van der Waals surface area contributed by atoms with Crippen LogP contribution >= 0.6 is 23.2 Å². The normalized spacial score (nSPS) is 11.5. The van der Waals surface area contributed by atoms with Crippen molar-refractivity contribution >= 4 is 40.9 Å². The first-order valence-electron chi connectivity index (χ1n) is 7.45. The van der Waals surface area contributed by atoms with Crippen LogP contribution in [0.2, 0.25) is 10.2 Å². The van der Waals surface area contributed by atoms with Crippen LogP contribution in [-0.4, -0.2) is 15.7 Å². The number of benzene rings is 1. The van der Waals surface area contributed by atoms with Gasteiger partial charge in [0.2, 0.25) is 5.91 Å². The zero-order valence-corrected chi connectivity index (χ0v) is 15.1. The Hall–Kier alpha value is -1.85. The Balaban J connectivity index is 2.13. The highest BCUT2D eigenvalue weighted by Gasteiger charge is 2.12. The number of carbonyl (C=O) groups excluding carboxylic acids is 1. The van der Waals surface area contributed by atoms with E-state index in [-0.39, 0.29) is 10.7 Å². The molecule has 1 aromatic carbocycles. The molecule has 0 saturated carbocycles. The Morgan fingerprint density at radius 2 is 2.12 bits per heavy atom. The number of nitrogens with zero attached hydrogens (tertiary/aromatic N) is 2. The Morgan fingerprint density at radius 1 is 1.42 bits per heavy atom. The minimum Gasteiger partial charge on any atom is -0.320 e. The maximum Gasteiger partial charge on any atom is 0.248 e. The van der Waals surface area contributed by atoms with E-state index in [2.05, 4.69) is 24.3 Å². The van der Waals surface area contributed by atoms with Gasteiger partial charge >= 0.3 is 0 Å². The second-order valence-electron chi connectivity index (χ2n) is 5.81. The number of nitrogens with one attached hydrogen (secondary N) is 1. The first-order valence-corrected chi connectivity index (χ1v) is 8.20. The number of aromatic nitrogens is 2. The Kier molecular flexibility index (Phi) is 6.02. The first kappa shape index (κ1) is 18.5. The van der Waals surface area contributed by atoms with Crippen molar-refractivity contribution in [2.75, 3.05) is 5.32 Å². The molecule has 2 aromatic rings. The molecule has 0 aliphatic heterocycles. The van der Waals surface area contributed by atoms with Crippen molar-refractivity contribution in [2.24, 2.45) is 5.92 Å². The summed E-state index contributed by atoms with van der Waals surface area (Å²) in [5.41, 5.74) is 1.46. The van der Waals surface area contributed by atoms with Crippen LogP contribution in [0.25, 0.3) is 6.08 Å². The molecule has 1 heterocycles. The van der Waals surface area contributed by atoms with E-state index in [0.717, 1.165) is 11.8 Å². The lowest BCUT2D eigenvalue weighted by Crippen LogP contribution is -2.09. The molecular formula is C17H18Cl2FN3O. The van der Waals surface area contributed by atoms with Gasteiger partial charge in [-0.15, -0.1) is 0 Å². The second-order valence-corrected chi connectivity index (χ2v) is 6.61. The third-order valence-electron chi connectivity index (χ3n) is 3.24. The molecule has 0 aliphatic carbocycles. The Bertz CT molecular complexity index is 784. The van der Waals surface area contributed by atoms with Gasteiger partial charge in [-0.25, -0.2) is 4.39 Å². The fraction of sp³-hybridized carbons (Fsp3) is 0.294. The van der Waals surface area contributed by atoms with E-state index in [4.69, 9.17) is 23.2 Å². The van der Waals surface area contributed by atoms with Crippen LogP contribution in [0.3, 0.4) is 0 Å². The van der Waals surface area contributed by atoms with Gasteiger partial charge in [0.05, 0.1) is 11.4 Å². The predicted octanol–water partition coefficient (Wildman–Crippen LogP) is 4.95.